The lowest BCUT2D eigenvalue weighted by atomic mass is 10.1. The highest BCUT2D eigenvalue weighted by atomic mass is 79.9. The zero-order valence-corrected chi connectivity index (χ0v) is 13.5. The Hall–Kier alpha value is -0.840. The van der Waals surface area contributed by atoms with Crippen molar-refractivity contribution in [3.63, 3.8) is 0 Å². The van der Waals surface area contributed by atoms with Gasteiger partial charge in [0.1, 0.15) is 0 Å². The van der Waals surface area contributed by atoms with E-state index in [1.54, 1.807) is 6.20 Å². The fraction of sp³-hybridized carbons (Fsp3) is 0.357. The monoisotopic (exact) mass is 342 g/mol. The molecule has 0 amide bonds. The number of oxazole rings is 1. The third kappa shape index (κ3) is 4.34. The summed E-state index contributed by atoms with van der Waals surface area (Å²) in [4.78, 5) is 4.27. The molecule has 2 aromatic rings. The molecule has 0 unspecified atom stereocenters. The quantitative estimate of drug-likeness (QED) is 0.882. The summed E-state index contributed by atoms with van der Waals surface area (Å²) in [6.07, 6.45) is 1.72. The predicted molar refractivity (Wildman–Crippen MR) is 81.2 cm³/mol. The summed E-state index contributed by atoms with van der Waals surface area (Å²) in [6, 6.07) is 5.64. The Balaban J connectivity index is 2.16. The zero-order valence-electron chi connectivity index (χ0n) is 11.1. The van der Waals surface area contributed by atoms with Crippen LogP contribution in [0.25, 0.3) is 11.3 Å². The van der Waals surface area contributed by atoms with E-state index in [2.05, 4.69) is 47.0 Å². The van der Waals surface area contributed by atoms with Gasteiger partial charge in [-0.05, 0) is 39.0 Å². The number of rotatable bonds is 3. The average molecular weight is 344 g/mol. The lowest BCUT2D eigenvalue weighted by Crippen LogP contribution is -2.35. The van der Waals surface area contributed by atoms with Crippen molar-refractivity contribution in [2.75, 3.05) is 0 Å². The van der Waals surface area contributed by atoms with Crippen LogP contribution in [-0.4, -0.2) is 10.5 Å². The maximum Gasteiger partial charge on any atom is 0.208 e. The van der Waals surface area contributed by atoms with Crippen molar-refractivity contribution >= 4 is 27.5 Å². The molecule has 2 rings (SSSR count). The summed E-state index contributed by atoms with van der Waals surface area (Å²) < 4.78 is 6.64. The number of benzene rings is 1. The summed E-state index contributed by atoms with van der Waals surface area (Å²) in [7, 11) is 0. The van der Waals surface area contributed by atoms with Gasteiger partial charge < -0.3 is 9.73 Å². The van der Waals surface area contributed by atoms with Gasteiger partial charge >= 0.3 is 0 Å². The van der Waals surface area contributed by atoms with Gasteiger partial charge in [-0.25, -0.2) is 4.98 Å². The molecule has 0 aliphatic carbocycles. The van der Waals surface area contributed by atoms with E-state index < -0.39 is 0 Å². The van der Waals surface area contributed by atoms with Gasteiger partial charge in [0.15, 0.2) is 5.76 Å². The highest BCUT2D eigenvalue weighted by molar-refractivity contribution is 9.10. The van der Waals surface area contributed by atoms with Crippen LogP contribution in [0.2, 0.25) is 5.02 Å². The molecule has 0 aliphatic rings. The fourth-order valence-electron chi connectivity index (χ4n) is 1.56. The summed E-state index contributed by atoms with van der Waals surface area (Å²) in [5.41, 5.74) is 0.946. The third-order valence-electron chi connectivity index (χ3n) is 2.47. The van der Waals surface area contributed by atoms with E-state index in [0.717, 1.165) is 10.0 Å². The first-order valence-electron chi connectivity index (χ1n) is 6.00. The molecule has 1 aromatic carbocycles. The van der Waals surface area contributed by atoms with Gasteiger partial charge in [-0.3, -0.25) is 0 Å². The van der Waals surface area contributed by atoms with Crippen molar-refractivity contribution in [3.05, 3.63) is 39.8 Å². The first kappa shape index (κ1) is 14.6. The average Bonchev–Trinajstić information content (AvgIpc) is 2.72. The second kappa shape index (κ2) is 5.65. The number of halogens is 2. The van der Waals surface area contributed by atoms with Crippen LogP contribution in [0.15, 0.2) is 33.3 Å². The van der Waals surface area contributed by atoms with Crippen LogP contribution in [0.1, 0.15) is 26.7 Å². The van der Waals surface area contributed by atoms with Gasteiger partial charge in [-0.15, -0.1) is 0 Å². The molecule has 1 heterocycles. The summed E-state index contributed by atoms with van der Waals surface area (Å²) in [5, 5.41) is 4.00. The molecule has 0 atom stereocenters. The molecule has 0 spiro atoms. The Bertz CT molecular complexity index is 555. The van der Waals surface area contributed by atoms with Gasteiger partial charge in [0.2, 0.25) is 5.89 Å². The van der Waals surface area contributed by atoms with Crippen LogP contribution in [0, 0.1) is 0 Å². The minimum absolute atomic E-state index is 0.0354. The molecule has 0 radical (unpaired) electrons. The molecule has 0 saturated carbocycles. The number of hydrogen-bond acceptors (Lipinski definition) is 3. The van der Waals surface area contributed by atoms with E-state index in [4.69, 9.17) is 16.0 Å². The molecule has 0 saturated heterocycles. The summed E-state index contributed by atoms with van der Waals surface area (Å²) >= 11 is 9.44. The Morgan fingerprint density at radius 3 is 2.68 bits per heavy atom. The number of aromatic nitrogens is 1. The molecule has 1 aromatic heterocycles. The predicted octanol–water partition coefficient (Wildman–Crippen LogP) is 4.65. The van der Waals surface area contributed by atoms with Crippen molar-refractivity contribution in [1.82, 2.24) is 10.3 Å². The standard InChI is InChI=1S/C14H16BrClN2O/c1-14(2,3)18-8-13-17-7-12(19-13)9-4-10(15)6-11(16)5-9/h4-7,18H,8H2,1-3H3. The van der Waals surface area contributed by atoms with Crippen molar-refractivity contribution in [1.29, 1.82) is 0 Å². The van der Waals surface area contributed by atoms with Crippen molar-refractivity contribution in [3.8, 4) is 11.3 Å². The SMILES string of the molecule is CC(C)(C)NCc1ncc(-c2cc(Cl)cc(Br)c2)o1. The van der Waals surface area contributed by atoms with E-state index in [9.17, 15) is 0 Å². The highest BCUT2D eigenvalue weighted by Gasteiger charge is 2.12. The van der Waals surface area contributed by atoms with Gasteiger partial charge in [0.05, 0.1) is 12.7 Å². The highest BCUT2D eigenvalue weighted by Crippen LogP contribution is 2.27. The van der Waals surface area contributed by atoms with E-state index in [1.807, 2.05) is 18.2 Å². The fourth-order valence-corrected chi connectivity index (χ4v) is 2.42. The molecule has 0 fully saturated rings. The number of nitrogens with one attached hydrogen (secondary N) is 1. The molecule has 3 nitrogen and oxygen atoms in total. The molecule has 1 N–H and O–H groups in total. The summed E-state index contributed by atoms with van der Waals surface area (Å²) in [5.74, 6) is 1.38. The normalized spacial score (nSPS) is 11.8. The van der Waals surface area contributed by atoms with Crippen LogP contribution in [0.4, 0.5) is 0 Å². The molecular weight excluding hydrogens is 328 g/mol. The maximum atomic E-state index is 6.02. The minimum atomic E-state index is 0.0354. The van der Waals surface area contributed by atoms with Crippen LogP contribution in [-0.2, 0) is 6.54 Å². The third-order valence-corrected chi connectivity index (χ3v) is 3.15. The second-order valence-electron chi connectivity index (χ2n) is 5.38. The Kier molecular flexibility index (Phi) is 4.33. The van der Waals surface area contributed by atoms with Gasteiger partial charge in [0.25, 0.3) is 0 Å². The Labute approximate surface area is 126 Å². The Morgan fingerprint density at radius 1 is 1.32 bits per heavy atom. The zero-order chi connectivity index (χ0) is 14.0. The largest absolute Gasteiger partial charge is 0.439 e. The van der Waals surface area contributed by atoms with E-state index in [-0.39, 0.29) is 5.54 Å². The van der Waals surface area contributed by atoms with E-state index >= 15 is 0 Å². The van der Waals surface area contributed by atoms with Gasteiger partial charge in [-0.1, -0.05) is 27.5 Å². The minimum Gasteiger partial charge on any atom is -0.439 e. The van der Waals surface area contributed by atoms with Gasteiger partial charge in [0, 0.05) is 20.6 Å². The van der Waals surface area contributed by atoms with Crippen molar-refractivity contribution < 1.29 is 4.42 Å². The second-order valence-corrected chi connectivity index (χ2v) is 6.73. The Morgan fingerprint density at radius 2 is 2.05 bits per heavy atom. The van der Waals surface area contributed by atoms with Crippen LogP contribution in [0.5, 0.6) is 0 Å². The molecule has 102 valence electrons. The van der Waals surface area contributed by atoms with Crippen molar-refractivity contribution in [2.24, 2.45) is 0 Å². The van der Waals surface area contributed by atoms with Gasteiger partial charge in [-0.2, -0.15) is 0 Å². The topological polar surface area (TPSA) is 38.1 Å². The van der Waals surface area contributed by atoms with Crippen LogP contribution in [0.3, 0.4) is 0 Å². The maximum absolute atomic E-state index is 6.02. The van der Waals surface area contributed by atoms with E-state index in [1.165, 1.54) is 0 Å². The van der Waals surface area contributed by atoms with Crippen LogP contribution >= 0.6 is 27.5 Å². The molecule has 5 heteroatoms. The lowest BCUT2D eigenvalue weighted by molar-refractivity contribution is 0.383. The van der Waals surface area contributed by atoms with Crippen molar-refractivity contribution in [2.45, 2.75) is 32.9 Å². The smallest absolute Gasteiger partial charge is 0.208 e. The molecule has 19 heavy (non-hydrogen) atoms. The van der Waals surface area contributed by atoms with Crippen LogP contribution < -0.4 is 5.32 Å². The molecule has 0 aliphatic heterocycles. The number of hydrogen-bond donors (Lipinski definition) is 1. The first-order valence-corrected chi connectivity index (χ1v) is 7.17. The summed E-state index contributed by atoms with van der Waals surface area (Å²) in [6.45, 7) is 6.91. The van der Waals surface area contributed by atoms with E-state index in [0.29, 0.717) is 23.2 Å². The number of nitrogens with zero attached hydrogens (tertiary/aromatic N) is 1. The lowest BCUT2D eigenvalue weighted by Gasteiger charge is -2.18. The molecule has 0 bridgehead atoms. The first-order chi connectivity index (χ1) is 8.83. The molecular formula is C14H16BrClN2O.